The molecule has 0 atom stereocenters. The number of nitrogens with zero attached hydrogens (tertiary/aromatic N) is 2. The third kappa shape index (κ3) is 4.13. The van der Waals surface area contributed by atoms with Crippen molar-refractivity contribution in [1.82, 2.24) is 9.78 Å². The summed E-state index contributed by atoms with van der Waals surface area (Å²) in [5.41, 5.74) is 0.959. The standard InChI is InChI=1S/C19H19Cl2N3O2S/c1-19(2,3)18-16(12-24(22-18)13-8-5-4-6-9-13)27(25,26)23-15-11-7-10-14(20)17(15)21/h4-12,23H,1-3H3. The number of para-hydroxylation sites is 1. The summed E-state index contributed by atoms with van der Waals surface area (Å²) < 4.78 is 30.3. The Morgan fingerprint density at radius 1 is 1.00 bits per heavy atom. The summed E-state index contributed by atoms with van der Waals surface area (Å²) in [6.07, 6.45) is 1.51. The van der Waals surface area contributed by atoms with Crippen LogP contribution in [0, 0.1) is 0 Å². The number of hydrogen-bond acceptors (Lipinski definition) is 3. The normalized spacial score (nSPS) is 12.2. The van der Waals surface area contributed by atoms with Gasteiger partial charge in [-0.05, 0) is 24.3 Å². The average molecular weight is 424 g/mol. The van der Waals surface area contributed by atoms with Crippen molar-refractivity contribution in [2.45, 2.75) is 31.1 Å². The van der Waals surface area contributed by atoms with E-state index in [2.05, 4.69) is 9.82 Å². The Hall–Kier alpha value is -2.02. The number of halogens is 2. The molecule has 142 valence electrons. The zero-order chi connectivity index (χ0) is 19.8. The van der Waals surface area contributed by atoms with Gasteiger partial charge in [-0.15, -0.1) is 0 Å². The Morgan fingerprint density at radius 2 is 1.67 bits per heavy atom. The molecule has 0 aliphatic heterocycles. The van der Waals surface area contributed by atoms with E-state index in [1.807, 2.05) is 51.1 Å². The van der Waals surface area contributed by atoms with Crippen LogP contribution < -0.4 is 4.72 Å². The molecule has 1 heterocycles. The molecule has 0 saturated heterocycles. The maximum Gasteiger partial charge on any atom is 0.265 e. The summed E-state index contributed by atoms with van der Waals surface area (Å²) in [5.74, 6) is 0. The van der Waals surface area contributed by atoms with Crippen LogP contribution in [-0.4, -0.2) is 18.2 Å². The van der Waals surface area contributed by atoms with Crippen molar-refractivity contribution in [3.63, 3.8) is 0 Å². The lowest BCUT2D eigenvalue weighted by Gasteiger charge is -2.18. The van der Waals surface area contributed by atoms with Crippen molar-refractivity contribution in [1.29, 1.82) is 0 Å². The van der Waals surface area contributed by atoms with E-state index in [1.165, 1.54) is 6.20 Å². The molecule has 1 aromatic heterocycles. The van der Waals surface area contributed by atoms with Crippen molar-refractivity contribution >= 4 is 38.9 Å². The SMILES string of the molecule is CC(C)(C)c1nn(-c2ccccc2)cc1S(=O)(=O)Nc1cccc(Cl)c1Cl. The van der Waals surface area contributed by atoms with E-state index in [-0.39, 0.29) is 20.6 Å². The van der Waals surface area contributed by atoms with Gasteiger partial charge in [0.15, 0.2) is 0 Å². The van der Waals surface area contributed by atoms with Crippen LogP contribution in [0.1, 0.15) is 26.5 Å². The topological polar surface area (TPSA) is 64.0 Å². The Bertz CT molecular complexity index is 1070. The first-order valence-corrected chi connectivity index (χ1v) is 10.5. The number of anilines is 1. The molecule has 0 aliphatic carbocycles. The maximum atomic E-state index is 13.1. The smallest absolute Gasteiger partial charge is 0.265 e. The quantitative estimate of drug-likeness (QED) is 0.620. The number of rotatable bonds is 4. The highest BCUT2D eigenvalue weighted by molar-refractivity contribution is 7.92. The van der Waals surface area contributed by atoms with Gasteiger partial charge in [0.2, 0.25) is 0 Å². The first-order chi connectivity index (χ1) is 12.6. The van der Waals surface area contributed by atoms with Crippen molar-refractivity contribution in [2.24, 2.45) is 0 Å². The van der Waals surface area contributed by atoms with E-state index in [1.54, 1.807) is 22.9 Å². The van der Waals surface area contributed by atoms with Gasteiger partial charge in [-0.1, -0.05) is 68.2 Å². The van der Waals surface area contributed by atoms with Crippen LogP contribution in [-0.2, 0) is 15.4 Å². The van der Waals surface area contributed by atoms with Crippen molar-refractivity contribution < 1.29 is 8.42 Å². The molecule has 0 spiro atoms. The van der Waals surface area contributed by atoms with Crippen molar-refractivity contribution in [3.05, 3.63) is 70.5 Å². The van der Waals surface area contributed by atoms with Crippen LogP contribution in [0.2, 0.25) is 10.0 Å². The minimum atomic E-state index is -3.93. The first kappa shape index (κ1) is 19.7. The molecule has 0 radical (unpaired) electrons. The molecule has 0 saturated carbocycles. The Morgan fingerprint density at radius 3 is 2.30 bits per heavy atom. The second-order valence-corrected chi connectivity index (χ2v) is 9.51. The monoisotopic (exact) mass is 423 g/mol. The highest BCUT2D eigenvalue weighted by atomic mass is 35.5. The highest BCUT2D eigenvalue weighted by Gasteiger charge is 2.30. The molecular formula is C19H19Cl2N3O2S. The molecule has 5 nitrogen and oxygen atoms in total. The summed E-state index contributed by atoms with van der Waals surface area (Å²) in [6.45, 7) is 5.74. The Balaban J connectivity index is 2.11. The number of sulfonamides is 1. The molecule has 3 rings (SSSR count). The molecule has 8 heteroatoms. The van der Waals surface area contributed by atoms with Gasteiger partial charge < -0.3 is 0 Å². The highest BCUT2D eigenvalue weighted by Crippen LogP contribution is 2.34. The van der Waals surface area contributed by atoms with Crippen molar-refractivity contribution in [3.8, 4) is 5.69 Å². The van der Waals surface area contributed by atoms with E-state index in [0.717, 1.165) is 5.69 Å². The molecule has 0 fully saturated rings. The molecular weight excluding hydrogens is 405 g/mol. The van der Waals surface area contributed by atoms with Gasteiger partial charge in [0.05, 0.1) is 33.3 Å². The first-order valence-electron chi connectivity index (χ1n) is 8.22. The zero-order valence-corrected chi connectivity index (χ0v) is 17.4. The fourth-order valence-electron chi connectivity index (χ4n) is 2.57. The Labute approximate surface area is 169 Å². The molecule has 0 unspecified atom stereocenters. The van der Waals surface area contributed by atoms with Gasteiger partial charge >= 0.3 is 0 Å². The van der Waals surface area contributed by atoms with E-state index in [0.29, 0.717) is 5.69 Å². The number of benzene rings is 2. The van der Waals surface area contributed by atoms with Gasteiger partial charge in [-0.2, -0.15) is 5.10 Å². The van der Waals surface area contributed by atoms with Crippen LogP contribution in [0.25, 0.3) is 5.69 Å². The maximum absolute atomic E-state index is 13.1. The average Bonchev–Trinajstić information content (AvgIpc) is 3.06. The number of hydrogen-bond donors (Lipinski definition) is 1. The lowest BCUT2D eigenvalue weighted by molar-refractivity contribution is 0.543. The predicted molar refractivity (Wildman–Crippen MR) is 110 cm³/mol. The van der Waals surface area contributed by atoms with E-state index in [4.69, 9.17) is 23.2 Å². The van der Waals surface area contributed by atoms with Gasteiger partial charge in [-0.25, -0.2) is 13.1 Å². The van der Waals surface area contributed by atoms with E-state index >= 15 is 0 Å². The summed E-state index contributed by atoms with van der Waals surface area (Å²) in [5, 5.41) is 4.96. The predicted octanol–water partition coefficient (Wildman–Crippen LogP) is 5.28. The summed E-state index contributed by atoms with van der Waals surface area (Å²) in [7, 11) is -3.93. The minimum Gasteiger partial charge on any atom is -0.278 e. The number of aromatic nitrogens is 2. The summed E-state index contributed by atoms with van der Waals surface area (Å²) in [6, 6.07) is 14.1. The fraction of sp³-hybridized carbons (Fsp3) is 0.211. The minimum absolute atomic E-state index is 0.0925. The van der Waals surface area contributed by atoms with Crippen LogP contribution >= 0.6 is 23.2 Å². The summed E-state index contributed by atoms with van der Waals surface area (Å²) >= 11 is 12.1. The largest absolute Gasteiger partial charge is 0.278 e. The number of nitrogens with one attached hydrogen (secondary N) is 1. The molecule has 2 aromatic carbocycles. The molecule has 27 heavy (non-hydrogen) atoms. The zero-order valence-electron chi connectivity index (χ0n) is 15.1. The molecule has 0 bridgehead atoms. The lowest BCUT2D eigenvalue weighted by Crippen LogP contribution is -2.20. The van der Waals surface area contributed by atoms with Gasteiger partial charge in [0, 0.05) is 5.41 Å². The van der Waals surface area contributed by atoms with Gasteiger partial charge in [-0.3, -0.25) is 4.72 Å². The second-order valence-electron chi connectivity index (χ2n) is 7.08. The van der Waals surface area contributed by atoms with Crippen LogP contribution in [0.4, 0.5) is 5.69 Å². The summed E-state index contributed by atoms with van der Waals surface area (Å²) in [4.78, 5) is 0.0925. The van der Waals surface area contributed by atoms with Gasteiger partial charge in [0.1, 0.15) is 4.90 Å². The molecule has 0 aliphatic rings. The van der Waals surface area contributed by atoms with Crippen LogP contribution in [0.15, 0.2) is 59.6 Å². The lowest BCUT2D eigenvalue weighted by atomic mass is 9.92. The fourth-order valence-corrected chi connectivity index (χ4v) is 4.38. The molecule has 1 N–H and O–H groups in total. The third-order valence-electron chi connectivity index (χ3n) is 3.90. The second kappa shape index (κ2) is 7.19. The van der Waals surface area contributed by atoms with Gasteiger partial charge in [0.25, 0.3) is 10.0 Å². The van der Waals surface area contributed by atoms with Crippen molar-refractivity contribution in [2.75, 3.05) is 4.72 Å². The third-order valence-corrected chi connectivity index (χ3v) is 6.08. The molecule has 0 amide bonds. The van der Waals surface area contributed by atoms with Crippen LogP contribution in [0.3, 0.4) is 0 Å². The molecule has 3 aromatic rings. The van der Waals surface area contributed by atoms with Crippen LogP contribution in [0.5, 0.6) is 0 Å². The Kier molecular flexibility index (Phi) is 5.25. The van der Waals surface area contributed by atoms with E-state index in [9.17, 15) is 8.42 Å². The van der Waals surface area contributed by atoms with E-state index < -0.39 is 15.4 Å².